The second-order valence-electron chi connectivity index (χ2n) is 5.25. The van der Waals surface area contributed by atoms with Crippen LogP contribution in [0.4, 0.5) is 4.39 Å². The average Bonchev–Trinajstić information content (AvgIpc) is 2.50. The standard InChI is InChI=1S/C15H10BrClFN3O2/c16-7-1-2-10-8(5-7)15(3-4-20-14(19)23-15)9-6-11(17)21-13(18)12(9)22-10/h1-2,5-6H,3-4H2,(H2,19,20)/t15-/m0/s1. The molecule has 8 heteroatoms. The molecule has 2 N–H and O–H groups in total. The lowest BCUT2D eigenvalue weighted by atomic mass is 9.80. The Morgan fingerprint density at radius 1 is 1.30 bits per heavy atom. The van der Waals surface area contributed by atoms with Crippen LogP contribution in [0, 0.1) is 5.95 Å². The highest BCUT2D eigenvalue weighted by Crippen LogP contribution is 2.53. The van der Waals surface area contributed by atoms with E-state index in [-0.39, 0.29) is 16.9 Å². The minimum atomic E-state index is -1.01. The Morgan fingerprint density at radius 2 is 2.13 bits per heavy atom. The molecule has 2 aromatic rings. The van der Waals surface area contributed by atoms with Crippen molar-refractivity contribution in [3.63, 3.8) is 0 Å². The zero-order chi connectivity index (χ0) is 16.2. The molecule has 23 heavy (non-hydrogen) atoms. The molecule has 118 valence electrons. The van der Waals surface area contributed by atoms with E-state index >= 15 is 0 Å². The predicted octanol–water partition coefficient (Wildman–Crippen LogP) is 3.72. The summed E-state index contributed by atoms with van der Waals surface area (Å²) in [7, 11) is 0. The summed E-state index contributed by atoms with van der Waals surface area (Å²) in [6.45, 7) is 0.443. The molecule has 2 aliphatic heterocycles. The first-order valence-corrected chi connectivity index (χ1v) is 8.00. The van der Waals surface area contributed by atoms with Crippen LogP contribution in [0.25, 0.3) is 0 Å². The summed E-state index contributed by atoms with van der Waals surface area (Å²) in [6.07, 6.45) is 0.479. The van der Waals surface area contributed by atoms with Gasteiger partial charge >= 0.3 is 0 Å². The van der Waals surface area contributed by atoms with Crippen LogP contribution in [-0.4, -0.2) is 17.6 Å². The molecule has 3 heterocycles. The number of benzene rings is 1. The third kappa shape index (κ3) is 2.18. The summed E-state index contributed by atoms with van der Waals surface area (Å²) < 4.78 is 26.7. The second-order valence-corrected chi connectivity index (χ2v) is 6.56. The van der Waals surface area contributed by atoms with Gasteiger partial charge in [-0.25, -0.2) is 9.98 Å². The van der Waals surface area contributed by atoms with Crippen LogP contribution < -0.4 is 10.5 Å². The van der Waals surface area contributed by atoms with Crippen molar-refractivity contribution in [1.82, 2.24) is 4.98 Å². The minimum absolute atomic E-state index is 0.000998. The number of nitrogens with zero attached hydrogens (tertiary/aromatic N) is 2. The predicted molar refractivity (Wildman–Crippen MR) is 86.4 cm³/mol. The van der Waals surface area contributed by atoms with Crippen molar-refractivity contribution in [2.75, 3.05) is 6.54 Å². The molecule has 0 saturated carbocycles. The minimum Gasteiger partial charge on any atom is -0.452 e. The normalized spacial score (nSPS) is 21.8. The van der Waals surface area contributed by atoms with Gasteiger partial charge in [-0.15, -0.1) is 0 Å². The lowest BCUT2D eigenvalue weighted by molar-refractivity contribution is 0.0623. The molecule has 0 amide bonds. The van der Waals surface area contributed by atoms with Crippen LogP contribution in [0.1, 0.15) is 17.5 Å². The number of halogens is 3. The van der Waals surface area contributed by atoms with Crippen LogP contribution in [-0.2, 0) is 10.3 Å². The summed E-state index contributed by atoms with van der Waals surface area (Å²) in [5, 5.41) is 0.0207. The number of ether oxygens (including phenoxy) is 2. The molecule has 1 aromatic carbocycles. The number of aliphatic imine (C=N–C) groups is 1. The van der Waals surface area contributed by atoms with Crippen LogP contribution in [0.3, 0.4) is 0 Å². The number of fused-ring (bicyclic) bond motifs is 4. The molecule has 0 bridgehead atoms. The Bertz CT molecular complexity index is 861. The van der Waals surface area contributed by atoms with Gasteiger partial charge in [0, 0.05) is 23.0 Å². The number of hydrogen-bond donors (Lipinski definition) is 1. The molecule has 1 atom stereocenters. The molecule has 4 rings (SSSR count). The van der Waals surface area contributed by atoms with Gasteiger partial charge in [0.2, 0.25) is 0 Å². The molecule has 5 nitrogen and oxygen atoms in total. The first-order chi connectivity index (χ1) is 11.0. The number of hydrogen-bond acceptors (Lipinski definition) is 5. The van der Waals surface area contributed by atoms with Crippen molar-refractivity contribution >= 4 is 33.6 Å². The van der Waals surface area contributed by atoms with E-state index in [4.69, 9.17) is 26.8 Å². The lowest BCUT2D eigenvalue weighted by Gasteiger charge is -2.41. The summed E-state index contributed by atoms with van der Waals surface area (Å²) in [4.78, 5) is 7.69. The molecule has 0 aliphatic carbocycles. The van der Waals surface area contributed by atoms with Crippen LogP contribution in [0.5, 0.6) is 11.5 Å². The van der Waals surface area contributed by atoms with Crippen LogP contribution in [0.2, 0.25) is 5.15 Å². The fourth-order valence-electron chi connectivity index (χ4n) is 3.00. The van der Waals surface area contributed by atoms with E-state index in [1.54, 1.807) is 18.2 Å². The highest BCUT2D eigenvalue weighted by atomic mass is 79.9. The van der Waals surface area contributed by atoms with E-state index in [0.717, 1.165) is 10.0 Å². The lowest BCUT2D eigenvalue weighted by Crippen LogP contribution is -2.42. The van der Waals surface area contributed by atoms with Crippen molar-refractivity contribution in [3.8, 4) is 11.5 Å². The summed E-state index contributed by atoms with van der Waals surface area (Å²) in [6, 6.07) is 7.00. The zero-order valence-electron chi connectivity index (χ0n) is 11.6. The van der Waals surface area contributed by atoms with E-state index < -0.39 is 11.5 Å². The van der Waals surface area contributed by atoms with Gasteiger partial charge in [-0.2, -0.15) is 4.39 Å². The topological polar surface area (TPSA) is 69.7 Å². The van der Waals surface area contributed by atoms with Crippen molar-refractivity contribution in [3.05, 3.63) is 51.0 Å². The number of nitrogens with two attached hydrogens (primary N) is 1. The third-order valence-corrected chi connectivity index (χ3v) is 4.62. The zero-order valence-corrected chi connectivity index (χ0v) is 14.0. The monoisotopic (exact) mass is 397 g/mol. The molecular formula is C15H10BrClFN3O2. The maximum atomic E-state index is 14.3. The Hall–Kier alpha value is -1.86. The van der Waals surface area contributed by atoms with E-state index in [2.05, 4.69) is 25.9 Å². The van der Waals surface area contributed by atoms with Gasteiger partial charge in [-0.1, -0.05) is 27.5 Å². The SMILES string of the molecule is NC1=NCC[C@]2(O1)c1cc(Br)ccc1Oc1c2cc(Cl)nc1F. The molecular weight excluding hydrogens is 389 g/mol. The smallest absolute Gasteiger partial charge is 0.283 e. The number of rotatable bonds is 0. The highest BCUT2D eigenvalue weighted by Gasteiger charge is 2.48. The maximum Gasteiger partial charge on any atom is 0.283 e. The van der Waals surface area contributed by atoms with Crippen molar-refractivity contribution in [2.24, 2.45) is 10.7 Å². The van der Waals surface area contributed by atoms with Crippen molar-refractivity contribution in [1.29, 1.82) is 0 Å². The quantitative estimate of drug-likeness (QED) is 0.687. The molecule has 0 fully saturated rings. The number of pyridine rings is 1. The van der Waals surface area contributed by atoms with Crippen LogP contribution in [0.15, 0.2) is 33.7 Å². The first kappa shape index (κ1) is 14.7. The Labute approximate surface area is 144 Å². The van der Waals surface area contributed by atoms with Gasteiger partial charge in [0.05, 0.1) is 5.56 Å². The van der Waals surface area contributed by atoms with Crippen molar-refractivity contribution < 1.29 is 13.9 Å². The Balaban J connectivity index is 2.04. The van der Waals surface area contributed by atoms with E-state index in [1.807, 2.05) is 6.07 Å². The van der Waals surface area contributed by atoms with E-state index in [9.17, 15) is 4.39 Å². The number of amidine groups is 1. The molecule has 2 aliphatic rings. The van der Waals surface area contributed by atoms with Gasteiger partial charge in [0.25, 0.3) is 12.0 Å². The summed E-state index contributed by atoms with van der Waals surface area (Å²) >= 11 is 9.39. The van der Waals surface area contributed by atoms with E-state index in [1.165, 1.54) is 0 Å². The maximum absolute atomic E-state index is 14.3. The Morgan fingerprint density at radius 3 is 2.91 bits per heavy atom. The molecule has 1 spiro atoms. The first-order valence-electron chi connectivity index (χ1n) is 6.83. The third-order valence-electron chi connectivity index (χ3n) is 3.93. The van der Waals surface area contributed by atoms with Crippen LogP contribution >= 0.6 is 27.5 Å². The summed E-state index contributed by atoms with van der Waals surface area (Å²) in [5.74, 6) is -0.303. The second kappa shape index (κ2) is 5.07. The molecule has 0 unspecified atom stereocenters. The molecule has 0 saturated heterocycles. The van der Waals surface area contributed by atoms with Gasteiger partial charge in [-0.3, -0.25) is 0 Å². The molecule has 1 aromatic heterocycles. The summed E-state index contributed by atoms with van der Waals surface area (Å²) in [5.41, 5.74) is 5.99. The van der Waals surface area contributed by atoms with Gasteiger partial charge < -0.3 is 15.2 Å². The van der Waals surface area contributed by atoms with Gasteiger partial charge in [0.1, 0.15) is 10.9 Å². The fraction of sp³-hybridized carbons (Fsp3) is 0.200. The average molecular weight is 399 g/mol. The Kier molecular flexibility index (Phi) is 3.24. The number of aromatic nitrogens is 1. The highest BCUT2D eigenvalue weighted by molar-refractivity contribution is 9.10. The van der Waals surface area contributed by atoms with Gasteiger partial charge in [-0.05, 0) is 24.3 Å². The van der Waals surface area contributed by atoms with Gasteiger partial charge in [0.15, 0.2) is 11.4 Å². The van der Waals surface area contributed by atoms with Crippen molar-refractivity contribution in [2.45, 2.75) is 12.0 Å². The molecule has 0 radical (unpaired) electrons. The largest absolute Gasteiger partial charge is 0.452 e. The van der Waals surface area contributed by atoms with E-state index in [0.29, 0.717) is 24.3 Å². The fourth-order valence-corrected chi connectivity index (χ4v) is 3.54.